The van der Waals surface area contributed by atoms with Gasteiger partial charge >= 0.3 is 12.0 Å². The van der Waals surface area contributed by atoms with Crippen molar-refractivity contribution in [2.75, 3.05) is 18.4 Å². The fourth-order valence-electron chi connectivity index (χ4n) is 2.34. The molecule has 1 aromatic carbocycles. The predicted octanol–water partition coefficient (Wildman–Crippen LogP) is 2.79. The van der Waals surface area contributed by atoms with Gasteiger partial charge in [-0.2, -0.15) is 0 Å². The number of nitrogens with zero attached hydrogens (tertiary/aromatic N) is 1. The number of morpholine rings is 1. The molecule has 1 fully saturated rings. The van der Waals surface area contributed by atoms with E-state index in [0.29, 0.717) is 17.6 Å². The van der Waals surface area contributed by atoms with Crippen molar-refractivity contribution < 1.29 is 19.4 Å². The fraction of sp³-hybridized carbons (Fsp3) is 0.429. The molecule has 1 saturated heterocycles. The van der Waals surface area contributed by atoms with Gasteiger partial charge in [0.15, 0.2) is 0 Å². The number of urea groups is 1. The van der Waals surface area contributed by atoms with Crippen LogP contribution in [-0.4, -0.2) is 47.3 Å². The number of ether oxygens (including phenoxy) is 1. The van der Waals surface area contributed by atoms with Crippen LogP contribution in [0.3, 0.4) is 0 Å². The molecule has 1 aliphatic heterocycles. The second-order valence-electron chi connectivity index (χ2n) is 5.09. The maximum Gasteiger partial charge on any atom is 0.337 e. The standard InChI is InChI=1S/C14H17BrN2O4/c1-8-6-17(7-9(2)21-8)14(20)16-12-5-10(15)3-4-11(12)13(18)19/h3-5,8-9H,6-7H2,1-2H3,(H,16,20)(H,18,19)/t8-,9+. The average molecular weight is 357 g/mol. The molecule has 1 aromatic rings. The molecular weight excluding hydrogens is 340 g/mol. The number of carbonyl (C=O) groups is 2. The lowest BCUT2D eigenvalue weighted by molar-refractivity contribution is -0.0530. The lowest BCUT2D eigenvalue weighted by Gasteiger charge is -2.35. The summed E-state index contributed by atoms with van der Waals surface area (Å²) in [5.41, 5.74) is 0.328. The summed E-state index contributed by atoms with van der Waals surface area (Å²) in [6, 6.07) is 4.33. The van der Waals surface area contributed by atoms with E-state index in [2.05, 4.69) is 21.2 Å². The van der Waals surface area contributed by atoms with Gasteiger partial charge in [0.05, 0.1) is 23.5 Å². The SMILES string of the molecule is C[C@@H]1CN(C(=O)Nc2cc(Br)ccc2C(=O)O)C[C@H](C)O1. The van der Waals surface area contributed by atoms with Gasteiger partial charge in [0.25, 0.3) is 0 Å². The number of halogens is 1. The van der Waals surface area contributed by atoms with Crippen LogP contribution in [0.5, 0.6) is 0 Å². The topological polar surface area (TPSA) is 78.9 Å². The van der Waals surface area contributed by atoms with Crippen LogP contribution >= 0.6 is 15.9 Å². The van der Waals surface area contributed by atoms with E-state index in [-0.39, 0.29) is 29.5 Å². The highest BCUT2D eigenvalue weighted by Gasteiger charge is 2.26. The van der Waals surface area contributed by atoms with Crippen LogP contribution < -0.4 is 5.32 Å². The number of hydrogen-bond donors (Lipinski definition) is 2. The van der Waals surface area contributed by atoms with Gasteiger partial charge in [-0.15, -0.1) is 0 Å². The number of carbonyl (C=O) groups excluding carboxylic acids is 1. The Morgan fingerprint density at radius 2 is 1.95 bits per heavy atom. The van der Waals surface area contributed by atoms with Gasteiger partial charge in [-0.1, -0.05) is 15.9 Å². The molecular formula is C14H17BrN2O4. The van der Waals surface area contributed by atoms with Crippen LogP contribution in [0.2, 0.25) is 0 Å². The zero-order chi connectivity index (χ0) is 15.6. The van der Waals surface area contributed by atoms with Crippen LogP contribution in [0.4, 0.5) is 10.5 Å². The minimum Gasteiger partial charge on any atom is -0.478 e. The molecule has 2 atom stereocenters. The molecule has 2 rings (SSSR count). The Balaban J connectivity index is 2.16. The number of aromatic carboxylic acids is 1. The lowest BCUT2D eigenvalue weighted by atomic mass is 10.2. The van der Waals surface area contributed by atoms with E-state index in [9.17, 15) is 9.59 Å². The molecule has 21 heavy (non-hydrogen) atoms. The average Bonchev–Trinajstić information content (AvgIpc) is 2.37. The summed E-state index contributed by atoms with van der Waals surface area (Å²) in [6.45, 7) is 4.76. The van der Waals surface area contributed by atoms with Gasteiger partial charge in [-0.25, -0.2) is 9.59 Å². The first-order chi connectivity index (χ1) is 9.86. The molecule has 2 N–H and O–H groups in total. The predicted molar refractivity (Wildman–Crippen MR) is 81.7 cm³/mol. The summed E-state index contributed by atoms with van der Waals surface area (Å²) in [6.07, 6.45) is -0.0816. The van der Waals surface area contributed by atoms with E-state index >= 15 is 0 Å². The van der Waals surface area contributed by atoms with Crippen LogP contribution in [0, 0.1) is 0 Å². The minimum absolute atomic E-state index is 0.0408. The molecule has 1 heterocycles. The molecule has 1 aliphatic rings. The number of anilines is 1. The van der Waals surface area contributed by atoms with Gasteiger partial charge in [0.1, 0.15) is 0 Å². The number of carboxylic acids is 1. The highest BCUT2D eigenvalue weighted by atomic mass is 79.9. The molecule has 0 aliphatic carbocycles. The zero-order valence-corrected chi connectivity index (χ0v) is 13.4. The van der Waals surface area contributed by atoms with Crippen LogP contribution in [0.1, 0.15) is 24.2 Å². The highest BCUT2D eigenvalue weighted by Crippen LogP contribution is 2.22. The minimum atomic E-state index is -1.08. The molecule has 2 amide bonds. The third-order valence-corrected chi connectivity index (χ3v) is 3.65. The van der Waals surface area contributed by atoms with Crippen molar-refractivity contribution in [3.8, 4) is 0 Å². The maximum absolute atomic E-state index is 12.3. The number of rotatable bonds is 2. The number of amides is 2. The summed E-state index contributed by atoms with van der Waals surface area (Å²) < 4.78 is 6.28. The van der Waals surface area contributed by atoms with Gasteiger partial charge in [-0.05, 0) is 32.0 Å². The second kappa shape index (κ2) is 6.44. The van der Waals surface area contributed by atoms with Gasteiger partial charge in [-0.3, -0.25) is 0 Å². The first kappa shape index (κ1) is 15.8. The second-order valence-corrected chi connectivity index (χ2v) is 6.00. The molecule has 0 bridgehead atoms. The van der Waals surface area contributed by atoms with E-state index in [1.807, 2.05) is 13.8 Å². The Bertz CT molecular complexity index is 554. The summed E-state index contributed by atoms with van der Waals surface area (Å²) in [5.74, 6) is -1.08. The van der Waals surface area contributed by atoms with E-state index in [0.717, 1.165) is 0 Å². The summed E-state index contributed by atoms with van der Waals surface area (Å²) in [7, 11) is 0. The van der Waals surface area contributed by atoms with Crippen molar-refractivity contribution in [2.45, 2.75) is 26.1 Å². The molecule has 0 spiro atoms. The van der Waals surface area contributed by atoms with Gasteiger partial charge < -0.3 is 20.1 Å². The summed E-state index contributed by atoms with van der Waals surface area (Å²) in [4.78, 5) is 25.1. The largest absolute Gasteiger partial charge is 0.478 e. The molecule has 0 aromatic heterocycles. The monoisotopic (exact) mass is 356 g/mol. The van der Waals surface area contributed by atoms with E-state index in [1.165, 1.54) is 6.07 Å². The van der Waals surface area contributed by atoms with Crippen molar-refractivity contribution in [2.24, 2.45) is 0 Å². The first-order valence-corrected chi connectivity index (χ1v) is 7.40. The van der Waals surface area contributed by atoms with Crippen LogP contribution in [0.25, 0.3) is 0 Å². The quantitative estimate of drug-likeness (QED) is 0.853. The third kappa shape index (κ3) is 3.95. The Morgan fingerprint density at radius 3 is 2.52 bits per heavy atom. The number of hydrogen-bond acceptors (Lipinski definition) is 3. The van der Waals surface area contributed by atoms with Crippen molar-refractivity contribution in [1.82, 2.24) is 4.90 Å². The lowest BCUT2D eigenvalue weighted by Crippen LogP contribution is -2.49. The Hall–Kier alpha value is -1.60. The fourth-order valence-corrected chi connectivity index (χ4v) is 2.71. The van der Waals surface area contributed by atoms with Crippen LogP contribution in [-0.2, 0) is 4.74 Å². The van der Waals surface area contributed by atoms with E-state index in [4.69, 9.17) is 9.84 Å². The highest BCUT2D eigenvalue weighted by molar-refractivity contribution is 9.10. The smallest absolute Gasteiger partial charge is 0.337 e. The number of carboxylic acid groups (broad SMARTS) is 1. The Labute approximate surface area is 131 Å². The van der Waals surface area contributed by atoms with Crippen LogP contribution in [0.15, 0.2) is 22.7 Å². The van der Waals surface area contributed by atoms with Crippen molar-refractivity contribution in [3.63, 3.8) is 0 Å². The van der Waals surface area contributed by atoms with E-state index in [1.54, 1.807) is 17.0 Å². The third-order valence-electron chi connectivity index (χ3n) is 3.16. The Kier molecular flexibility index (Phi) is 4.84. The van der Waals surface area contributed by atoms with E-state index < -0.39 is 5.97 Å². The summed E-state index contributed by atoms with van der Waals surface area (Å²) >= 11 is 3.27. The number of benzene rings is 1. The molecule has 0 saturated carbocycles. The normalized spacial score (nSPS) is 22.0. The van der Waals surface area contributed by atoms with Gasteiger partial charge in [0, 0.05) is 17.6 Å². The summed E-state index contributed by atoms with van der Waals surface area (Å²) in [5, 5.41) is 11.8. The van der Waals surface area contributed by atoms with Crippen molar-refractivity contribution in [3.05, 3.63) is 28.2 Å². The van der Waals surface area contributed by atoms with Crippen molar-refractivity contribution in [1.29, 1.82) is 0 Å². The van der Waals surface area contributed by atoms with Crippen molar-refractivity contribution >= 4 is 33.6 Å². The molecule has 7 heteroatoms. The molecule has 0 radical (unpaired) electrons. The van der Waals surface area contributed by atoms with Gasteiger partial charge in [0.2, 0.25) is 0 Å². The number of nitrogens with one attached hydrogen (secondary N) is 1. The molecule has 0 unspecified atom stereocenters. The maximum atomic E-state index is 12.3. The Morgan fingerprint density at radius 1 is 1.33 bits per heavy atom. The first-order valence-electron chi connectivity index (χ1n) is 6.61. The molecule has 114 valence electrons. The zero-order valence-electron chi connectivity index (χ0n) is 11.8. The molecule has 6 nitrogen and oxygen atoms in total.